The molecule has 0 fully saturated rings. The normalized spacial score (nSPS) is 15.9. The molecule has 0 bridgehead atoms. The molecule has 0 N–H and O–H groups in total. The second-order valence-corrected chi connectivity index (χ2v) is 17.9. The number of benzene rings is 8. The smallest absolute Gasteiger partial charge is 0.0726 e. The number of para-hydroxylation sites is 1. The number of hydrogen-bond acceptors (Lipinski definition) is 1. The summed E-state index contributed by atoms with van der Waals surface area (Å²) in [5, 5.41) is 0. The summed E-state index contributed by atoms with van der Waals surface area (Å²) < 4.78 is 0. The fourth-order valence-electron chi connectivity index (χ4n) is 10.7. The van der Waals surface area contributed by atoms with Crippen molar-refractivity contribution in [3.63, 3.8) is 0 Å². The number of fused-ring (bicyclic) bond motifs is 11. The lowest BCUT2D eigenvalue weighted by molar-refractivity contribution is 0.332. The molecule has 0 atom stereocenters. The van der Waals surface area contributed by atoms with Gasteiger partial charge < -0.3 is 4.90 Å². The first-order valence-electron chi connectivity index (χ1n) is 20.9. The van der Waals surface area contributed by atoms with Crippen molar-refractivity contribution in [2.45, 2.75) is 56.8 Å². The van der Waals surface area contributed by atoms with Crippen LogP contribution in [-0.2, 0) is 16.2 Å². The Morgan fingerprint density at radius 2 is 0.793 bits per heavy atom. The largest absolute Gasteiger partial charge is 0.310 e. The highest BCUT2D eigenvalue weighted by molar-refractivity contribution is 6.00. The van der Waals surface area contributed by atoms with Gasteiger partial charge in [-0.3, -0.25) is 0 Å². The SMILES string of the molecule is CC1(C)CCC(C)(C)c2cc(-c3cc4c(cc3N(c3ccccc3)c3ccc(-c5ccccc5)cc3)C3(c5ccccc5-c5ccccc53)c3ccccc3-4)ccc21. The Kier molecular flexibility index (Phi) is 7.67. The molecule has 280 valence electrons. The number of anilines is 3. The minimum absolute atomic E-state index is 0.0814. The van der Waals surface area contributed by atoms with Gasteiger partial charge in [0.1, 0.15) is 0 Å². The van der Waals surface area contributed by atoms with Crippen LogP contribution in [0.5, 0.6) is 0 Å². The van der Waals surface area contributed by atoms with Crippen molar-refractivity contribution in [3.05, 3.63) is 221 Å². The third-order valence-electron chi connectivity index (χ3n) is 13.8. The van der Waals surface area contributed by atoms with Gasteiger partial charge in [0.15, 0.2) is 0 Å². The van der Waals surface area contributed by atoms with Gasteiger partial charge in [0.25, 0.3) is 0 Å². The van der Waals surface area contributed by atoms with E-state index in [1.807, 2.05) is 0 Å². The number of nitrogens with zero attached hydrogens (tertiary/aromatic N) is 1. The Balaban J connectivity index is 1.24. The van der Waals surface area contributed by atoms with Gasteiger partial charge in [-0.25, -0.2) is 0 Å². The average Bonchev–Trinajstić information content (AvgIpc) is 3.73. The van der Waals surface area contributed by atoms with Gasteiger partial charge in [-0.15, -0.1) is 0 Å². The van der Waals surface area contributed by atoms with Crippen LogP contribution in [0.2, 0.25) is 0 Å². The van der Waals surface area contributed by atoms with Crippen LogP contribution in [0.4, 0.5) is 17.1 Å². The maximum atomic E-state index is 2.57. The predicted octanol–water partition coefficient (Wildman–Crippen LogP) is 15.2. The molecule has 0 aromatic heterocycles. The summed E-state index contributed by atoms with van der Waals surface area (Å²) in [5.74, 6) is 0. The van der Waals surface area contributed by atoms with Crippen molar-refractivity contribution in [1.29, 1.82) is 0 Å². The van der Waals surface area contributed by atoms with Crippen LogP contribution >= 0.6 is 0 Å². The first-order valence-corrected chi connectivity index (χ1v) is 20.9. The summed E-state index contributed by atoms with van der Waals surface area (Å²) >= 11 is 0. The Morgan fingerprint density at radius 3 is 1.40 bits per heavy atom. The van der Waals surface area contributed by atoms with Crippen LogP contribution in [0.1, 0.15) is 73.9 Å². The minimum atomic E-state index is -0.451. The Morgan fingerprint density at radius 1 is 0.328 bits per heavy atom. The van der Waals surface area contributed by atoms with Gasteiger partial charge in [-0.05, 0) is 132 Å². The summed E-state index contributed by atoms with van der Waals surface area (Å²) in [6.45, 7) is 9.72. The third kappa shape index (κ3) is 5.02. The van der Waals surface area contributed by atoms with E-state index in [0.717, 1.165) is 11.4 Å². The van der Waals surface area contributed by atoms with Crippen molar-refractivity contribution < 1.29 is 0 Å². The molecule has 0 saturated heterocycles. The van der Waals surface area contributed by atoms with Gasteiger partial charge >= 0.3 is 0 Å². The maximum absolute atomic E-state index is 2.57. The molecule has 1 nitrogen and oxygen atoms in total. The summed E-state index contributed by atoms with van der Waals surface area (Å²) in [7, 11) is 0. The molecule has 0 unspecified atom stereocenters. The van der Waals surface area contributed by atoms with Crippen molar-refractivity contribution in [2.75, 3.05) is 4.90 Å². The molecular weight excluding hydrogens is 699 g/mol. The maximum Gasteiger partial charge on any atom is 0.0726 e. The lowest BCUT2D eigenvalue weighted by Crippen LogP contribution is -2.33. The second-order valence-electron chi connectivity index (χ2n) is 17.9. The predicted molar refractivity (Wildman–Crippen MR) is 244 cm³/mol. The molecule has 8 aromatic rings. The molecule has 0 heterocycles. The van der Waals surface area contributed by atoms with Gasteiger partial charge in [-0.1, -0.05) is 179 Å². The average molecular weight is 746 g/mol. The van der Waals surface area contributed by atoms with E-state index in [-0.39, 0.29) is 10.8 Å². The standard InChI is InChI=1S/C57H47N/c1-55(2)33-34-56(3,4)53-35-40(29-32-51(53)55)46-36-47-45-23-13-16-26-50(45)57(48-24-14-11-21-43(48)44-22-12-15-25-49(44)57)52(47)37-54(46)58(41-19-9-6-10-20-41)42-30-27-39(28-31-42)38-17-7-5-8-18-38/h5-32,35-37H,33-34H2,1-4H3. The van der Waals surface area contributed by atoms with Crippen LogP contribution in [0.25, 0.3) is 44.5 Å². The van der Waals surface area contributed by atoms with Crippen LogP contribution in [0.3, 0.4) is 0 Å². The van der Waals surface area contributed by atoms with Crippen LogP contribution < -0.4 is 4.90 Å². The fraction of sp³-hybridized carbons (Fsp3) is 0.158. The molecule has 0 amide bonds. The molecule has 1 spiro atoms. The van der Waals surface area contributed by atoms with Crippen LogP contribution in [0.15, 0.2) is 188 Å². The number of rotatable bonds is 5. The van der Waals surface area contributed by atoms with E-state index >= 15 is 0 Å². The Labute approximate surface area is 343 Å². The zero-order valence-corrected chi connectivity index (χ0v) is 33.8. The molecule has 0 radical (unpaired) electrons. The van der Waals surface area contributed by atoms with Crippen molar-refractivity contribution in [2.24, 2.45) is 0 Å². The van der Waals surface area contributed by atoms with Crippen molar-refractivity contribution in [3.8, 4) is 44.5 Å². The monoisotopic (exact) mass is 745 g/mol. The summed E-state index contributed by atoms with van der Waals surface area (Å²) in [6.07, 6.45) is 2.37. The van der Waals surface area contributed by atoms with E-state index in [9.17, 15) is 0 Å². The highest BCUT2D eigenvalue weighted by atomic mass is 15.1. The molecule has 8 aromatic carbocycles. The van der Waals surface area contributed by atoms with E-state index in [4.69, 9.17) is 0 Å². The molecular formula is C57H47N. The topological polar surface area (TPSA) is 3.24 Å². The first-order chi connectivity index (χ1) is 28.3. The zero-order chi connectivity index (χ0) is 39.2. The van der Waals surface area contributed by atoms with E-state index in [1.165, 1.54) is 96.4 Å². The molecule has 0 saturated carbocycles. The highest BCUT2D eigenvalue weighted by Crippen LogP contribution is 2.64. The fourth-order valence-corrected chi connectivity index (χ4v) is 10.7. The van der Waals surface area contributed by atoms with E-state index in [1.54, 1.807) is 0 Å². The molecule has 3 aliphatic rings. The van der Waals surface area contributed by atoms with Crippen LogP contribution in [0, 0.1) is 0 Å². The van der Waals surface area contributed by atoms with E-state index in [2.05, 4.69) is 221 Å². The van der Waals surface area contributed by atoms with Gasteiger partial charge in [0.05, 0.1) is 11.1 Å². The third-order valence-corrected chi connectivity index (χ3v) is 13.8. The Bertz CT molecular complexity index is 2830. The van der Waals surface area contributed by atoms with E-state index < -0.39 is 5.41 Å². The first kappa shape index (κ1) is 34.8. The molecule has 58 heavy (non-hydrogen) atoms. The quantitative estimate of drug-likeness (QED) is 0.170. The minimum Gasteiger partial charge on any atom is -0.310 e. The lowest BCUT2D eigenvalue weighted by atomic mass is 9.63. The summed E-state index contributed by atoms with van der Waals surface area (Å²) in [6, 6.07) is 70.7. The summed E-state index contributed by atoms with van der Waals surface area (Å²) in [4.78, 5) is 2.50. The molecule has 3 aliphatic carbocycles. The highest BCUT2D eigenvalue weighted by Gasteiger charge is 2.52. The van der Waals surface area contributed by atoms with Gasteiger partial charge in [0, 0.05) is 16.9 Å². The van der Waals surface area contributed by atoms with Gasteiger partial charge in [0.2, 0.25) is 0 Å². The van der Waals surface area contributed by atoms with Crippen LogP contribution in [-0.4, -0.2) is 0 Å². The number of hydrogen-bond donors (Lipinski definition) is 0. The van der Waals surface area contributed by atoms with E-state index in [0.29, 0.717) is 0 Å². The van der Waals surface area contributed by atoms with Gasteiger partial charge in [-0.2, -0.15) is 0 Å². The Hall–Kier alpha value is -6.44. The van der Waals surface area contributed by atoms with Crippen molar-refractivity contribution >= 4 is 17.1 Å². The zero-order valence-electron chi connectivity index (χ0n) is 33.8. The lowest BCUT2D eigenvalue weighted by Gasteiger charge is -2.42. The summed E-state index contributed by atoms with van der Waals surface area (Å²) in [5.41, 5.74) is 21.8. The molecule has 11 rings (SSSR count). The molecule has 1 heteroatoms. The molecule has 0 aliphatic heterocycles. The van der Waals surface area contributed by atoms with Crippen molar-refractivity contribution in [1.82, 2.24) is 0 Å². The second kappa shape index (κ2) is 12.8.